The molecule has 0 saturated carbocycles. The number of carbonyl (C=O) groups excluding carboxylic acids is 1. The number of nitrogens with zero attached hydrogens (tertiary/aromatic N) is 1. The van der Waals surface area contributed by atoms with Gasteiger partial charge in [0.2, 0.25) is 5.91 Å². The molecule has 0 aromatic carbocycles. The Morgan fingerprint density at radius 1 is 1.31 bits per heavy atom. The number of piperidine rings is 1. The van der Waals surface area contributed by atoms with Gasteiger partial charge in [-0.15, -0.1) is 0 Å². The molecule has 0 bridgehead atoms. The van der Waals surface area contributed by atoms with Crippen LogP contribution in [0.2, 0.25) is 0 Å². The molecule has 1 amide bonds. The summed E-state index contributed by atoms with van der Waals surface area (Å²) in [4.78, 5) is 13.7. The number of aliphatic hydroxyl groups is 2. The molecule has 2 fully saturated rings. The van der Waals surface area contributed by atoms with Gasteiger partial charge < -0.3 is 20.4 Å². The Morgan fingerprint density at radius 2 is 1.94 bits per heavy atom. The molecule has 2 aliphatic rings. The molecule has 92 valence electrons. The third kappa shape index (κ3) is 2.36. The van der Waals surface area contributed by atoms with Crippen molar-refractivity contribution in [2.75, 3.05) is 19.6 Å². The molecular weight excluding hydrogens is 208 g/mol. The van der Waals surface area contributed by atoms with Crippen molar-refractivity contribution in [3.63, 3.8) is 0 Å². The Bertz CT molecular complexity index is 255. The molecule has 16 heavy (non-hydrogen) atoms. The first-order valence-corrected chi connectivity index (χ1v) is 5.96. The number of carbonyl (C=O) groups is 1. The normalized spacial score (nSPS) is 40.1. The van der Waals surface area contributed by atoms with Crippen molar-refractivity contribution in [3.05, 3.63) is 0 Å². The van der Waals surface area contributed by atoms with Crippen molar-refractivity contribution in [3.8, 4) is 0 Å². The van der Waals surface area contributed by atoms with Crippen molar-refractivity contribution >= 4 is 5.91 Å². The number of hydrogen-bond acceptors (Lipinski definition) is 4. The minimum atomic E-state index is -0.775. The summed E-state index contributed by atoms with van der Waals surface area (Å²) in [5, 5.41) is 22.1. The van der Waals surface area contributed by atoms with Gasteiger partial charge in [-0.1, -0.05) is 0 Å². The van der Waals surface area contributed by atoms with E-state index in [1.54, 1.807) is 4.90 Å². The molecule has 2 saturated heterocycles. The molecule has 2 aliphatic heterocycles. The van der Waals surface area contributed by atoms with Crippen LogP contribution < -0.4 is 5.32 Å². The molecule has 3 N–H and O–H groups in total. The largest absolute Gasteiger partial charge is 0.388 e. The van der Waals surface area contributed by atoms with Gasteiger partial charge in [-0.3, -0.25) is 4.79 Å². The lowest BCUT2D eigenvalue weighted by molar-refractivity contribution is -0.136. The van der Waals surface area contributed by atoms with E-state index in [4.69, 9.17) is 0 Å². The van der Waals surface area contributed by atoms with E-state index in [1.807, 2.05) is 0 Å². The van der Waals surface area contributed by atoms with Crippen molar-refractivity contribution in [1.29, 1.82) is 0 Å². The minimum Gasteiger partial charge on any atom is -0.388 e. The first-order valence-electron chi connectivity index (χ1n) is 5.96. The lowest BCUT2D eigenvalue weighted by Gasteiger charge is -2.30. The van der Waals surface area contributed by atoms with Crippen LogP contribution in [-0.2, 0) is 4.79 Å². The topological polar surface area (TPSA) is 72.8 Å². The van der Waals surface area contributed by atoms with Crippen molar-refractivity contribution in [2.24, 2.45) is 5.92 Å². The maximum Gasteiger partial charge on any atom is 0.225 e. The quantitative estimate of drug-likeness (QED) is 0.535. The van der Waals surface area contributed by atoms with Crippen LogP contribution in [0.15, 0.2) is 0 Å². The van der Waals surface area contributed by atoms with E-state index >= 15 is 0 Å². The zero-order chi connectivity index (χ0) is 11.7. The monoisotopic (exact) mass is 228 g/mol. The fourth-order valence-electron chi connectivity index (χ4n) is 2.56. The van der Waals surface area contributed by atoms with Gasteiger partial charge >= 0.3 is 0 Å². The summed E-state index contributed by atoms with van der Waals surface area (Å²) in [7, 11) is 0. The molecule has 2 rings (SSSR count). The van der Waals surface area contributed by atoms with Crippen molar-refractivity contribution < 1.29 is 15.0 Å². The van der Waals surface area contributed by atoms with Crippen LogP contribution in [0.4, 0.5) is 0 Å². The predicted octanol–water partition coefficient (Wildman–Crippen LogP) is -1.06. The predicted molar refractivity (Wildman–Crippen MR) is 58.8 cm³/mol. The molecule has 0 aromatic rings. The average molecular weight is 228 g/mol. The molecular formula is C11H20N2O3. The van der Waals surface area contributed by atoms with Gasteiger partial charge in [-0.05, 0) is 26.3 Å². The second kappa shape index (κ2) is 4.69. The van der Waals surface area contributed by atoms with E-state index in [0.29, 0.717) is 6.04 Å². The van der Waals surface area contributed by atoms with Crippen LogP contribution in [-0.4, -0.2) is 58.9 Å². The smallest absolute Gasteiger partial charge is 0.225 e. The molecule has 2 heterocycles. The van der Waals surface area contributed by atoms with E-state index < -0.39 is 12.2 Å². The fourth-order valence-corrected chi connectivity index (χ4v) is 2.56. The van der Waals surface area contributed by atoms with E-state index in [2.05, 4.69) is 12.2 Å². The van der Waals surface area contributed by atoms with Gasteiger partial charge in [-0.25, -0.2) is 0 Å². The zero-order valence-electron chi connectivity index (χ0n) is 9.59. The van der Waals surface area contributed by atoms with Crippen molar-refractivity contribution in [1.82, 2.24) is 10.2 Å². The van der Waals surface area contributed by atoms with E-state index in [-0.39, 0.29) is 24.9 Å². The van der Waals surface area contributed by atoms with Crippen LogP contribution >= 0.6 is 0 Å². The molecule has 0 radical (unpaired) electrons. The Kier molecular flexibility index (Phi) is 3.47. The van der Waals surface area contributed by atoms with Crippen molar-refractivity contribution in [2.45, 2.75) is 38.0 Å². The highest BCUT2D eigenvalue weighted by molar-refractivity contribution is 5.79. The summed E-state index contributed by atoms with van der Waals surface area (Å²) in [5.74, 6) is 0.137. The van der Waals surface area contributed by atoms with E-state index in [0.717, 1.165) is 19.4 Å². The summed E-state index contributed by atoms with van der Waals surface area (Å²) < 4.78 is 0. The molecule has 5 heteroatoms. The number of likely N-dealkylation sites (tertiary alicyclic amines) is 1. The summed E-state index contributed by atoms with van der Waals surface area (Å²) in [6.45, 7) is 3.50. The van der Waals surface area contributed by atoms with Crippen LogP contribution in [0.5, 0.6) is 0 Å². The maximum atomic E-state index is 12.1. The lowest BCUT2D eigenvalue weighted by atomic mass is 9.92. The second-order valence-electron chi connectivity index (χ2n) is 4.95. The summed E-state index contributed by atoms with van der Waals surface area (Å²) in [5.41, 5.74) is 0. The standard InChI is InChI=1S/C11H20N2O3/c1-7-4-8(2-3-12-7)11(16)13-5-9(14)10(15)6-13/h7-10,12,14-15H,2-6H2,1H3. The van der Waals surface area contributed by atoms with E-state index in [9.17, 15) is 15.0 Å². The minimum absolute atomic E-state index is 0.0498. The lowest BCUT2D eigenvalue weighted by Crippen LogP contribution is -2.43. The zero-order valence-corrected chi connectivity index (χ0v) is 9.59. The third-order valence-electron chi connectivity index (χ3n) is 3.54. The van der Waals surface area contributed by atoms with Crippen LogP contribution in [0.25, 0.3) is 0 Å². The van der Waals surface area contributed by atoms with Crippen LogP contribution in [0.3, 0.4) is 0 Å². The fraction of sp³-hybridized carbons (Fsp3) is 0.909. The Balaban J connectivity index is 1.92. The Labute approximate surface area is 95.4 Å². The van der Waals surface area contributed by atoms with Gasteiger partial charge in [0, 0.05) is 25.0 Å². The molecule has 0 aliphatic carbocycles. The number of aliphatic hydroxyl groups excluding tert-OH is 2. The third-order valence-corrected chi connectivity index (χ3v) is 3.54. The number of nitrogens with one attached hydrogen (secondary N) is 1. The molecule has 5 nitrogen and oxygen atoms in total. The Hall–Kier alpha value is -0.650. The Morgan fingerprint density at radius 3 is 2.50 bits per heavy atom. The molecule has 4 unspecified atom stereocenters. The second-order valence-corrected chi connectivity index (χ2v) is 4.95. The highest BCUT2D eigenvalue weighted by Gasteiger charge is 2.36. The van der Waals surface area contributed by atoms with Crippen LogP contribution in [0, 0.1) is 5.92 Å². The van der Waals surface area contributed by atoms with Gasteiger partial charge in [0.1, 0.15) is 0 Å². The summed E-state index contributed by atoms with van der Waals surface area (Å²) in [6, 6.07) is 0.375. The van der Waals surface area contributed by atoms with Gasteiger partial charge in [0.15, 0.2) is 0 Å². The summed E-state index contributed by atoms with van der Waals surface area (Å²) in [6.07, 6.45) is 0.152. The number of amides is 1. The first kappa shape index (κ1) is 11.8. The molecule has 0 spiro atoms. The summed E-state index contributed by atoms with van der Waals surface area (Å²) >= 11 is 0. The average Bonchev–Trinajstić information content (AvgIpc) is 2.58. The van der Waals surface area contributed by atoms with Gasteiger partial charge in [0.05, 0.1) is 12.2 Å². The highest BCUT2D eigenvalue weighted by Crippen LogP contribution is 2.21. The highest BCUT2D eigenvalue weighted by atomic mass is 16.3. The number of β-amino-alcohol motifs (C(OH)–C–C–N with tert-alkyl or cyclic N) is 2. The van der Waals surface area contributed by atoms with E-state index in [1.165, 1.54) is 0 Å². The SMILES string of the molecule is CC1CC(C(=O)N2CC(O)C(O)C2)CCN1. The van der Waals surface area contributed by atoms with Gasteiger partial charge in [0.25, 0.3) is 0 Å². The number of hydrogen-bond donors (Lipinski definition) is 3. The van der Waals surface area contributed by atoms with Crippen LogP contribution in [0.1, 0.15) is 19.8 Å². The number of rotatable bonds is 1. The first-order chi connectivity index (χ1) is 7.58. The molecule has 0 aromatic heterocycles. The maximum absolute atomic E-state index is 12.1. The molecule has 4 atom stereocenters. The van der Waals surface area contributed by atoms with Gasteiger partial charge in [-0.2, -0.15) is 0 Å².